The molecule has 5 heteroatoms. The summed E-state index contributed by atoms with van der Waals surface area (Å²) in [5, 5.41) is 0. The highest BCUT2D eigenvalue weighted by Crippen LogP contribution is 2.16. The summed E-state index contributed by atoms with van der Waals surface area (Å²) in [6.45, 7) is 3.83. The van der Waals surface area contributed by atoms with Crippen molar-refractivity contribution in [1.29, 1.82) is 0 Å². The van der Waals surface area contributed by atoms with E-state index in [2.05, 4.69) is 19.9 Å². The van der Waals surface area contributed by atoms with Crippen molar-refractivity contribution < 1.29 is 0 Å². The number of aryl methyl sites for hydroxylation is 1. The first kappa shape index (κ1) is 10.6. The van der Waals surface area contributed by atoms with Crippen molar-refractivity contribution in [2.45, 2.75) is 19.9 Å². The van der Waals surface area contributed by atoms with E-state index >= 15 is 0 Å². The highest BCUT2D eigenvalue weighted by Gasteiger charge is 2.08. The summed E-state index contributed by atoms with van der Waals surface area (Å²) in [6, 6.07) is -0.0593. The Morgan fingerprint density at radius 2 is 2.00 bits per heavy atom. The molecule has 0 radical (unpaired) electrons. The van der Waals surface area contributed by atoms with Gasteiger partial charge in [-0.2, -0.15) is 0 Å². The van der Waals surface area contributed by atoms with Gasteiger partial charge in [0.05, 0.1) is 6.20 Å². The van der Waals surface area contributed by atoms with Gasteiger partial charge in [0, 0.05) is 35.9 Å². The molecule has 2 N–H and O–H groups in total. The van der Waals surface area contributed by atoms with Crippen LogP contribution in [0.25, 0.3) is 11.5 Å². The SMILES string of the molecule is Cc1nc(-c2cnccn2)ncc1C(C)N. The van der Waals surface area contributed by atoms with E-state index < -0.39 is 0 Å². The van der Waals surface area contributed by atoms with Crippen LogP contribution in [0, 0.1) is 6.92 Å². The third kappa shape index (κ3) is 2.04. The van der Waals surface area contributed by atoms with Crippen LogP contribution in [0.4, 0.5) is 0 Å². The smallest absolute Gasteiger partial charge is 0.179 e. The Kier molecular flexibility index (Phi) is 2.87. The summed E-state index contributed by atoms with van der Waals surface area (Å²) in [5.74, 6) is 0.579. The van der Waals surface area contributed by atoms with Crippen LogP contribution in [0.1, 0.15) is 24.2 Å². The minimum Gasteiger partial charge on any atom is -0.324 e. The van der Waals surface area contributed by atoms with Crippen molar-refractivity contribution >= 4 is 0 Å². The molecule has 0 aliphatic rings. The average molecular weight is 215 g/mol. The van der Waals surface area contributed by atoms with Crippen molar-refractivity contribution in [2.75, 3.05) is 0 Å². The molecule has 5 nitrogen and oxygen atoms in total. The molecule has 2 aromatic heterocycles. The van der Waals surface area contributed by atoms with Crippen LogP contribution in [0.3, 0.4) is 0 Å². The molecule has 0 aliphatic heterocycles. The van der Waals surface area contributed by atoms with Gasteiger partial charge in [0.15, 0.2) is 5.82 Å². The van der Waals surface area contributed by atoms with Crippen molar-refractivity contribution in [3.8, 4) is 11.5 Å². The summed E-state index contributed by atoms with van der Waals surface area (Å²) in [6.07, 6.45) is 6.62. The summed E-state index contributed by atoms with van der Waals surface area (Å²) in [4.78, 5) is 16.7. The van der Waals surface area contributed by atoms with Crippen LogP contribution in [-0.4, -0.2) is 19.9 Å². The molecular formula is C11H13N5. The molecule has 16 heavy (non-hydrogen) atoms. The molecule has 2 heterocycles. The van der Waals surface area contributed by atoms with E-state index in [0.29, 0.717) is 11.5 Å². The maximum Gasteiger partial charge on any atom is 0.179 e. The summed E-state index contributed by atoms with van der Waals surface area (Å²) < 4.78 is 0. The molecule has 0 saturated heterocycles. The molecule has 0 saturated carbocycles. The second-order valence-electron chi connectivity index (χ2n) is 3.61. The highest BCUT2D eigenvalue weighted by molar-refractivity contribution is 5.47. The predicted molar refractivity (Wildman–Crippen MR) is 60.4 cm³/mol. The van der Waals surface area contributed by atoms with E-state index in [9.17, 15) is 0 Å². The Labute approximate surface area is 93.8 Å². The first-order valence-corrected chi connectivity index (χ1v) is 5.04. The molecular weight excluding hydrogens is 202 g/mol. The van der Waals surface area contributed by atoms with Crippen molar-refractivity contribution in [2.24, 2.45) is 5.73 Å². The second kappa shape index (κ2) is 4.32. The average Bonchev–Trinajstić information content (AvgIpc) is 2.29. The van der Waals surface area contributed by atoms with Crippen LogP contribution in [0.2, 0.25) is 0 Å². The second-order valence-corrected chi connectivity index (χ2v) is 3.61. The molecule has 0 aliphatic carbocycles. The van der Waals surface area contributed by atoms with Gasteiger partial charge in [0.1, 0.15) is 5.69 Å². The number of hydrogen-bond donors (Lipinski definition) is 1. The maximum atomic E-state index is 5.80. The van der Waals surface area contributed by atoms with Gasteiger partial charge in [-0.3, -0.25) is 4.98 Å². The van der Waals surface area contributed by atoms with Crippen LogP contribution in [0.15, 0.2) is 24.8 Å². The van der Waals surface area contributed by atoms with Crippen molar-refractivity contribution in [1.82, 2.24) is 19.9 Å². The Morgan fingerprint density at radius 1 is 1.19 bits per heavy atom. The van der Waals surface area contributed by atoms with E-state index in [1.807, 2.05) is 13.8 Å². The zero-order valence-electron chi connectivity index (χ0n) is 9.25. The van der Waals surface area contributed by atoms with Crippen LogP contribution in [-0.2, 0) is 0 Å². The zero-order chi connectivity index (χ0) is 11.5. The van der Waals surface area contributed by atoms with Crippen molar-refractivity contribution in [3.63, 3.8) is 0 Å². The van der Waals surface area contributed by atoms with Crippen LogP contribution in [0.5, 0.6) is 0 Å². The van der Waals surface area contributed by atoms with Gasteiger partial charge < -0.3 is 5.73 Å². The highest BCUT2D eigenvalue weighted by atomic mass is 14.9. The summed E-state index contributed by atoms with van der Waals surface area (Å²) in [5.41, 5.74) is 8.30. The Balaban J connectivity index is 2.43. The number of hydrogen-bond acceptors (Lipinski definition) is 5. The molecule has 2 rings (SSSR count). The van der Waals surface area contributed by atoms with E-state index in [-0.39, 0.29) is 6.04 Å². The fourth-order valence-electron chi connectivity index (χ4n) is 1.46. The zero-order valence-corrected chi connectivity index (χ0v) is 9.25. The first-order chi connectivity index (χ1) is 7.68. The summed E-state index contributed by atoms with van der Waals surface area (Å²) >= 11 is 0. The molecule has 82 valence electrons. The third-order valence-electron chi connectivity index (χ3n) is 2.30. The molecule has 1 unspecified atom stereocenters. The minimum atomic E-state index is -0.0593. The van der Waals surface area contributed by atoms with Crippen molar-refractivity contribution in [3.05, 3.63) is 36.0 Å². The van der Waals surface area contributed by atoms with Gasteiger partial charge in [-0.1, -0.05) is 0 Å². The minimum absolute atomic E-state index is 0.0593. The maximum absolute atomic E-state index is 5.80. The van der Waals surface area contributed by atoms with E-state index in [1.165, 1.54) is 0 Å². The van der Waals surface area contributed by atoms with Gasteiger partial charge in [0.25, 0.3) is 0 Å². The molecule has 2 aromatic rings. The molecule has 1 atom stereocenters. The van der Waals surface area contributed by atoms with Gasteiger partial charge in [-0.05, 0) is 13.8 Å². The lowest BCUT2D eigenvalue weighted by Gasteiger charge is -2.08. The normalized spacial score (nSPS) is 12.4. The lowest BCUT2D eigenvalue weighted by molar-refractivity contribution is 0.789. The number of nitrogens with zero attached hydrogens (tertiary/aromatic N) is 4. The van der Waals surface area contributed by atoms with E-state index in [4.69, 9.17) is 5.73 Å². The molecule has 0 bridgehead atoms. The molecule has 0 amide bonds. The molecule has 0 fully saturated rings. The van der Waals surface area contributed by atoms with E-state index in [1.54, 1.807) is 24.8 Å². The Hall–Kier alpha value is -1.88. The third-order valence-corrected chi connectivity index (χ3v) is 2.30. The lowest BCUT2D eigenvalue weighted by Crippen LogP contribution is -2.09. The van der Waals surface area contributed by atoms with Crippen LogP contribution < -0.4 is 5.73 Å². The predicted octanol–water partition coefficient (Wildman–Crippen LogP) is 1.26. The van der Waals surface area contributed by atoms with Gasteiger partial charge in [-0.15, -0.1) is 0 Å². The van der Waals surface area contributed by atoms with Gasteiger partial charge in [-0.25, -0.2) is 15.0 Å². The van der Waals surface area contributed by atoms with Gasteiger partial charge in [0.2, 0.25) is 0 Å². The summed E-state index contributed by atoms with van der Waals surface area (Å²) in [7, 11) is 0. The topological polar surface area (TPSA) is 77.6 Å². The first-order valence-electron chi connectivity index (χ1n) is 5.04. The van der Waals surface area contributed by atoms with Gasteiger partial charge >= 0.3 is 0 Å². The number of aromatic nitrogens is 4. The molecule has 0 spiro atoms. The van der Waals surface area contributed by atoms with E-state index in [0.717, 1.165) is 11.3 Å². The quantitative estimate of drug-likeness (QED) is 0.816. The Bertz CT molecular complexity index is 481. The lowest BCUT2D eigenvalue weighted by atomic mass is 10.1. The largest absolute Gasteiger partial charge is 0.324 e. The standard InChI is InChI=1S/C11H13N5/c1-7(12)9-5-15-11(16-8(9)2)10-6-13-3-4-14-10/h3-7H,12H2,1-2H3. The monoisotopic (exact) mass is 215 g/mol. The number of rotatable bonds is 2. The molecule has 0 aromatic carbocycles. The Morgan fingerprint density at radius 3 is 2.56 bits per heavy atom. The van der Waals surface area contributed by atoms with Crippen LogP contribution >= 0.6 is 0 Å². The number of nitrogens with two attached hydrogens (primary N) is 1. The fraction of sp³-hybridized carbons (Fsp3) is 0.273. The fourth-order valence-corrected chi connectivity index (χ4v) is 1.46.